The monoisotopic (exact) mass is 269 g/mol. The van der Waals surface area contributed by atoms with Crippen LogP contribution in [0, 0.1) is 12.7 Å². The highest BCUT2D eigenvalue weighted by molar-refractivity contribution is 5.46. The van der Waals surface area contributed by atoms with Gasteiger partial charge in [-0.1, -0.05) is 24.3 Å². The van der Waals surface area contributed by atoms with Crippen LogP contribution in [0.3, 0.4) is 0 Å². The van der Waals surface area contributed by atoms with Gasteiger partial charge >= 0.3 is 0 Å². The third kappa shape index (κ3) is 2.69. The largest absolute Gasteiger partial charge is 0.384 e. The van der Waals surface area contributed by atoms with E-state index >= 15 is 0 Å². The second-order valence-corrected chi connectivity index (χ2v) is 5.63. The van der Waals surface area contributed by atoms with E-state index in [-0.39, 0.29) is 5.82 Å². The first kappa shape index (κ1) is 13.2. The summed E-state index contributed by atoms with van der Waals surface area (Å²) in [5.74, 6) is 0.420. The summed E-state index contributed by atoms with van der Waals surface area (Å²) in [4.78, 5) is 0. The predicted octanol–water partition coefficient (Wildman–Crippen LogP) is 4.67. The van der Waals surface area contributed by atoms with Gasteiger partial charge in [0.2, 0.25) is 0 Å². The lowest BCUT2D eigenvalue weighted by Crippen LogP contribution is -2.18. The van der Waals surface area contributed by atoms with Gasteiger partial charge in [-0.25, -0.2) is 4.39 Å². The zero-order chi connectivity index (χ0) is 13.9. The minimum atomic E-state index is -0.140. The number of halogens is 1. The van der Waals surface area contributed by atoms with Crippen molar-refractivity contribution in [3.63, 3.8) is 0 Å². The summed E-state index contributed by atoms with van der Waals surface area (Å²) in [6, 6.07) is 14.0. The molecule has 0 fully saturated rings. The summed E-state index contributed by atoms with van der Waals surface area (Å²) >= 11 is 0. The fraction of sp³-hybridized carbons (Fsp3) is 0.333. The van der Waals surface area contributed by atoms with Crippen molar-refractivity contribution >= 4 is 5.69 Å². The van der Waals surface area contributed by atoms with E-state index in [4.69, 9.17) is 0 Å². The Morgan fingerprint density at radius 2 is 2.05 bits per heavy atom. The van der Waals surface area contributed by atoms with Gasteiger partial charge in [-0.05, 0) is 61.1 Å². The summed E-state index contributed by atoms with van der Waals surface area (Å²) in [5, 5.41) is 3.46. The molecule has 0 bridgehead atoms. The molecule has 0 spiro atoms. The predicted molar refractivity (Wildman–Crippen MR) is 81.7 cm³/mol. The Labute approximate surface area is 119 Å². The van der Waals surface area contributed by atoms with Crippen molar-refractivity contribution in [2.75, 3.05) is 11.9 Å². The van der Waals surface area contributed by atoms with E-state index < -0.39 is 0 Å². The van der Waals surface area contributed by atoms with Crippen molar-refractivity contribution in [1.29, 1.82) is 0 Å². The number of fused-ring (bicyclic) bond motifs is 1. The third-order valence-electron chi connectivity index (χ3n) is 4.20. The lowest BCUT2D eigenvalue weighted by molar-refractivity contribution is 0.571. The standard InChI is InChI=1S/C18H20FN/c1-13-11-16(9-10-18(13)19)20-12-15-7-4-6-14-5-2-3-8-17(14)15/h2-3,5,8-11,15,20H,4,6-7,12H2,1H3. The molecule has 0 aromatic heterocycles. The molecule has 1 atom stereocenters. The maximum atomic E-state index is 13.3. The molecule has 20 heavy (non-hydrogen) atoms. The van der Waals surface area contributed by atoms with Crippen molar-refractivity contribution in [1.82, 2.24) is 0 Å². The van der Waals surface area contributed by atoms with Crippen molar-refractivity contribution in [3.8, 4) is 0 Å². The van der Waals surface area contributed by atoms with Gasteiger partial charge in [0.25, 0.3) is 0 Å². The Morgan fingerprint density at radius 3 is 2.90 bits per heavy atom. The molecule has 0 radical (unpaired) electrons. The molecule has 104 valence electrons. The summed E-state index contributed by atoms with van der Waals surface area (Å²) in [6.45, 7) is 2.72. The molecule has 1 aliphatic carbocycles. The van der Waals surface area contributed by atoms with Gasteiger partial charge in [0.1, 0.15) is 5.82 Å². The van der Waals surface area contributed by atoms with E-state index in [9.17, 15) is 4.39 Å². The van der Waals surface area contributed by atoms with Crippen LogP contribution in [0.1, 0.15) is 35.4 Å². The number of nitrogens with one attached hydrogen (secondary N) is 1. The zero-order valence-electron chi connectivity index (χ0n) is 11.8. The van der Waals surface area contributed by atoms with Crippen molar-refractivity contribution in [2.24, 2.45) is 0 Å². The molecule has 3 rings (SSSR count). The van der Waals surface area contributed by atoms with Crippen LogP contribution in [-0.4, -0.2) is 6.54 Å². The third-order valence-corrected chi connectivity index (χ3v) is 4.20. The Bertz CT molecular complexity index is 606. The summed E-state index contributed by atoms with van der Waals surface area (Å²) in [5.41, 5.74) is 4.66. The van der Waals surface area contributed by atoms with Gasteiger partial charge in [0, 0.05) is 18.2 Å². The lowest BCUT2D eigenvalue weighted by Gasteiger charge is -2.26. The average Bonchev–Trinajstić information content (AvgIpc) is 2.48. The van der Waals surface area contributed by atoms with Gasteiger partial charge in [0.05, 0.1) is 0 Å². The number of anilines is 1. The molecule has 0 amide bonds. The number of aryl methyl sites for hydroxylation is 2. The van der Waals surface area contributed by atoms with Gasteiger partial charge in [-0.2, -0.15) is 0 Å². The van der Waals surface area contributed by atoms with Crippen molar-refractivity contribution < 1.29 is 4.39 Å². The van der Waals surface area contributed by atoms with Crippen LogP contribution in [0.2, 0.25) is 0 Å². The highest BCUT2D eigenvalue weighted by atomic mass is 19.1. The maximum Gasteiger partial charge on any atom is 0.126 e. The van der Waals surface area contributed by atoms with E-state index in [2.05, 4.69) is 29.6 Å². The molecule has 1 unspecified atom stereocenters. The molecule has 0 saturated carbocycles. The number of hydrogen-bond acceptors (Lipinski definition) is 1. The number of hydrogen-bond donors (Lipinski definition) is 1. The molecule has 1 nitrogen and oxygen atoms in total. The molecule has 1 N–H and O–H groups in total. The molecule has 2 aromatic rings. The Morgan fingerprint density at radius 1 is 1.20 bits per heavy atom. The molecule has 0 heterocycles. The van der Waals surface area contributed by atoms with Crippen molar-refractivity contribution in [3.05, 3.63) is 65.0 Å². The normalized spacial score (nSPS) is 17.6. The topological polar surface area (TPSA) is 12.0 Å². The Kier molecular flexibility index (Phi) is 3.72. The second kappa shape index (κ2) is 5.66. The van der Waals surface area contributed by atoms with Crippen LogP contribution in [0.4, 0.5) is 10.1 Å². The van der Waals surface area contributed by atoms with E-state index in [0.717, 1.165) is 12.2 Å². The van der Waals surface area contributed by atoms with Gasteiger partial charge in [-0.3, -0.25) is 0 Å². The molecular weight excluding hydrogens is 249 g/mol. The Balaban J connectivity index is 1.71. The van der Waals surface area contributed by atoms with Crippen LogP contribution in [0.5, 0.6) is 0 Å². The highest BCUT2D eigenvalue weighted by Crippen LogP contribution is 2.31. The maximum absolute atomic E-state index is 13.3. The lowest BCUT2D eigenvalue weighted by atomic mass is 9.83. The summed E-state index contributed by atoms with van der Waals surface area (Å²) < 4.78 is 13.3. The Hall–Kier alpha value is -1.83. The number of benzene rings is 2. The zero-order valence-corrected chi connectivity index (χ0v) is 11.8. The van der Waals surface area contributed by atoms with Gasteiger partial charge < -0.3 is 5.32 Å². The molecule has 2 aromatic carbocycles. The highest BCUT2D eigenvalue weighted by Gasteiger charge is 2.19. The molecule has 0 saturated heterocycles. The molecular formula is C18H20FN. The van der Waals surface area contributed by atoms with E-state index in [1.54, 1.807) is 6.92 Å². The second-order valence-electron chi connectivity index (χ2n) is 5.63. The van der Waals surface area contributed by atoms with Crippen LogP contribution < -0.4 is 5.32 Å². The van der Waals surface area contributed by atoms with Crippen molar-refractivity contribution in [2.45, 2.75) is 32.1 Å². The summed E-state index contributed by atoms with van der Waals surface area (Å²) in [6.07, 6.45) is 3.68. The van der Waals surface area contributed by atoms with Crippen LogP contribution in [0.25, 0.3) is 0 Å². The SMILES string of the molecule is Cc1cc(NCC2CCCc3ccccc32)ccc1F. The van der Waals surface area contributed by atoms with E-state index in [1.165, 1.54) is 36.5 Å². The van der Waals surface area contributed by atoms with Gasteiger partial charge in [0.15, 0.2) is 0 Å². The first-order valence-corrected chi connectivity index (χ1v) is 7.32. The van der Waals surface area contributed by atoms with Crippen LogP contribution in [-0.2, 0) is 6.42 Å². The molecule has 2 heteroatoms. The molecule has 1 aliphatic rings. The smallest absolute Gasteiger partial charge is 0.126 e. The fourth-order valence-corrected chi connectivity index (χ4v) is 3.06. The minimum Gasteiger partial charge on any atom is -0.384 e. The molecule has 0 aliphatic heterocycles. The van der Waals surface area contributed by atoms with E-state index in [0.29, 0.717) is 11.5 Å². The quantitative estimate of drug-likeness (QED) is 0.854. The van der Waals surface area contributed by atoms with Gasteiger partial charge in [-0.15, -0.1) is 0 Å². The first-order chi connectivity index (χ1) is 9.74. The summed E-state index contributed by atoms with van der Waals surface area (Å²) in [7, 11) is 0. The average molecular weight is 269 g/mol. The minimum absolute atomic E-state index is 0.140. The van der Waals surface area contributed by atoms with Crippen LogP contribution >= 0.6 is 0 Å². The number of rotatable bonds is 3. The van der Waals surface area contributed by atoms with E-state index in [1.807, 2.05) is 12.1 Å². The first-order valence-electron chi connectivity index (χ1n) is 7.32. The van der Waals surface area contributed by atoms with Crippen LogP contribution in [0.15, 0.2) is 42.5 Å². The fourth-order valence-electron chi connectivity index (χ4n) is 3.06.